The largest absolute Gasteiger partial charge is 0.497 e. The maximum atomic E-state index is 12.7. The van der Waals surface area contributed by atoms with Crippen LogP contribution < -0.4 is 14.8 Å². The molecule has 0 aliphatic rings. The summed E-state index contributed by atoms with van der Waals surface area (Å²) in [5.74, 6) is 0.750. The molecule has 2 aromatic carbocycles. The molecule has 1 amide bonds. The number of aromatic amines is 1. The smallest absolute Gasteiger partial charge is 0.266 e. The molecule has 3 aromatic rings. The van der Waals surface area contributed by atoms with Gasteiger partial charge in [-0.2, -0.15) is 10.4 Å². The zero-order chi connectivity index (χ0) is 20.6. The van der Waals surface area contributed by atoms with Gasteiger partial charge in [0.2, 0.25) is 0 Å². The second-order valence-corrected chi connectivity index (χ2v) is 5.98. The first kappa shape index (κ1) is 19.7. The first-order valence-electron chi connectivity index (χ1n) is 8.99. The Morgan fingerprint density at radius 3 is 2.69 bits per heavy atom. The summed E-state index contributed by atoms with van der Waals surface area (Å²) in [5, 5.41) is 19.2. The maximum Gasteiger partial charge on any atom is 0.266 e. The molecule has 0 aliphatic carbocycles. The van der Waals surface area contributed by atoms with Gasteiger partial charge in [0.15, 0.2) is 0 Å². The van der Waals surface area contributed by atoms with E-state index < -0.39 is 5.91 Å². The van der Waals surface area contributed by atoms with E-state index in [9.17, 15) is 10.1 Å². The predicted molar refractivity (Wildman–Crippen MR) is 110 cm³/mol. The molecule has 0 unspecified atom stereocenters. The number of carbonyl (C=O) groups is 1. The van der Waals surface area contributed by atoms with Gasteiger partial charge in [0.25, 0.3) is 5.91 Å². The molecular weight excluding hydrogens is 368 g/mol. The second-order valence-electron chi connectivity index (χ2n) is 5.98. The fourth-order valence-electron chi connectivity index (χ4n) is 2.74. The van der Waals surface area contributed by atoms with Gasteiger partial charge >= 0.3 is 0 Å². The van der Waals surface area contributed by atoms with Crippen molar-refractivity contribution in [2.24, 2.45) is 0 Å². The van der Waals surface area contributed by atoms with Crippen molar-refractivity contribution < 1.29 is 14.3 Å². The molecule has 2 N–H and O–H groups in total. The Kier molecular flexibility index (Phi) is 6.28. The van der Waals surface area contributed by atoms with Crippen molar-refractivity contribution in [3.05, 3.63) is 65.9 Å². The van der Waals surface area contributed by atoms with Crippen LogP contribution in [-0.4, -0.2) is 29.8 Å². The number of para-hydroxylation sites is 2. The van der Waals surface area contributed by atoms with Crippen LogP contribution in [0.3, 0.4) is 0 Å². The monoisotopic (exact) mass is 388 g/mol. The highest BCUT2D eigenvalue weighted by molar-refractivity contribution is 6.10. The fraction of sp³-hybridized carbons (Fsp3) is 0.136. The molecule has 0 fully saturated rings. The van der Waals surface area contributed by atoms with Crippen LogP contribution in [0.15, 0.2) is 60.3 Å². The molecule has 146 valence electrons. The number of nitrogens with one attached hydrogen (secondary N) is 2. The van der Waals surface area contributed by atoms with Crippen LogP contribution >= 0.6 is 0 Å². The lowest BCUT2D eigenvalue weighted by Crippen LogP contribution is -2.14. The summed E-state index contributed by atoms with van der Waals surface area (Å²) in [4.78, 5) is 12.7. The fourth-order valence-corrected chi connectivity index (χ4v) is 2.74. The summed E-state index contributed by atoms with van der Waals surface area (Å²) < 4.78 is 10.7. The van der Waals surface area contributed by atoms with Gasteiger partial charge in [-0.3, -0.25) is 9.89 Å². The van der Waals surface area contributed by atoms with E-state index in [1.165, 1.54) is 6.08 Å². The average molecular weight is 388 g/mol. The standard InChI is InChI=1S/C22H20N4O3/c1-3-29-20-7-5-4-6-19(20)25-22(27)16(13-23)12-17-14-24-26-21(17)15-8-10-18(28-2)11-9-15/h4-12,14H,3H2,1-2H3,(H,24,26)(H,25,27). The van der Waals surface area contributed by atoms with Gasteiger partial charge in [-0.05, 0) is 49.4 Å². The molecule has 0 aliphatic heterocycles. The molecule has 0 saturated carbocycles. The highest BCUT2D eigenvalue weighted by atomic mass is 16.5. The van der Waals surface area contributed by atoms with Crippen molar-refractivity contribution in [1.29, 1.82) is 5.26 Å². The Morgan fingerprint density at radius 1 is 1.24 bits per heavy atom. The Bertz CT molecular complexity index is 1060. The van der Waals surface area contributed by atoms with Crippen LogP contribution in [0.2, 0.25) is 0 Å². The molecule has 1 aromatic heterocycles. The van der Waals surface area contributed by atoms with Gasteiger partial charge in [-0.15, -0.1) is 0 Å². The van der Waals surface area contributed by atoms with Crippen LogP contribution in [0.4, 0.5) is 5.69 Å². The molecule has 0 bridgehead atoms. The van der Waals surface area contributed by atoms with Crippen molar-refractivity contribution in [1.82, 2.24) is 10.2 Å². The molecule has 29 heavy (non-hydrogen) atoms. The number of anilines is 1. The van der Waals surface area contributed by atoms with Crippen molar-refractivity contribution in [2.45, 2.75) is 6.92 Å². The number of methoxy groups -OCH3 is 1. The second kappa shape index (κ2) is 9.24. The quantitative estimate of drug-likeness (QED) is 0.470. The number of hydrogen-bond donors (Lipinski definition) is 2. The molecule has 3 rings (SSSR count). The number of hydrogen-bond acceptors (Lipinski definition) is 5. The van der Waals surface area contributed by atoms with Crippen molar-refractivity contribution >= 4 is 17.7 Å². The molecule has 7 heteroatoms. The molecule has 1 heterocycles. The lowest BCUT2D eigenvalue weighted by atomic mass is 10.1. The van der Waals surface area contributed by atoms with Crippen LogP contribution in [0.5, 0.6) is 11.5 Å². The number of H-pyrrole nitrogens is 1. The third-order valence-corrected chi connectivity index (χ3v) is 4.15. The highest BCUT2D eigenvalue weighted by Crippen LogP contribution is 2.27. The van der Waals surface area contributed by atoms with Crippen molar-refractivity contribution in [3.63, 3.8) is 0 Å². The first-order chi connectivity index (χ1) is 14.2. The normalized spacial score (nSPS) is 10.9. The zero-order valence-electron chi connectivity index (χ0n) is 16.1. The summed E-state index contributed by atoms with van der Waals surface area (Å²) in [6.45, 7) is 2.33. The molecule has 0 atom stereocenters. The Labute approximate surface area is 168 Å². The van der Waals surface area contributed by atoms with Gasteiger partial charge in [0.05, 0.1) is 31.3 Å². The molecule has 0 saturated heterocycles. The van der Waals surface area contributed by atoms with E-state index in [-0.39, 0.29) is 5.57 Å². The maximum absolute atomic E-state index is 12.7. The zero-order valence-corrected chi connectivity index (χ0v) is 16.1. The van der Waals surface area contributed by atoms with Gasteiger partial charge in [0, 0.05) is 11.1 Å². The molecule has 7 nitrogen and oxygen atoms in total. The summed E-state index contributed by atoms with van der Waals surface area (Å²) in [6.07, 6.45) is 3.07. The molecule has 0 spiro atoms. The molecular formula is C22H20N4O3. The van der Waals surface area contributed by atoms with Gasteiger partial charge in [-0.25, -0.2) is 0 Å². The van der Waals surface area contributed by atoms with E-state index in [1.54, 1.807) is 31.5 Å². The number of amides is 1. The van der Waals surface area contributed by atoms with Crippen LogP contribution in [0.25, 0.3) is 17.3 Å². The Balaban J connectivity index is 1.86. The van der Waals surface area contributed by atoms with Gasteiger partial charge < -0.3 is 14.8 Å². The summed E-state index contributed by atoms with van der Waals surface area (Å²) >= 11 is 0. The minimum absolute atomic E-state index is 0.0486. The van der Waals surface area contributed by atoms with E-state index >= 15 is 0 Å². The topological polar surface area (TPSA) is 100 Å². The number of benzene rings is 2. The summed E-state index contributed by atoms with van der Waals surface area (Å²) in [5.41, 5.74) is 2.63. The van der Waals surface area contributed by atoms with E-state index in [1.807, 2.05) is 43.3 Å². The lowest BCUT2D eigenvalue weighted by molar-refractivity contribution is -0.112. The summed E-state index contributed by atoms with van der Waals surface area (Å²) in [6, 6.07) is 16.4. The van der Waals surface area contributed by atoms with Crippen molar-refractivity contribution in [2.75, 3.05) is 19.0 Å². The number of aromatic nitrogens is 2. The van der Waals surface area contributed by atoms with Crippen LogP contribution in [-0.2, 0) is 4.79 Å². The SMILES string of the molecule is CCOc1ccccc1NC(=O)C(C#N)=Cc1cn[nH]c1-c1ccc(OC)cc1. The van der Waals surface area contributed by atoms with E-state index in [0.717, 1.165) is 11.3 Å². The minimum atomic E-state index is -0.526. The number of carbonyl (C=O) groups excluding carboxylic acids is 1. The Hall–Kier alpha value is -4.05. The number of ether oxygens (including phenoxy) is 2. The highest BCUT2D eigenvalue weighted by Gasteiger charge is 2.14. The van der Waals surface area contributed by atoms with Crippen LogP contribution in [0, 0.1) is 11.3 Å². The number of nitrogens with zero attached hydrogens (tertiary/aromatic N) is 2. The predicted octanol–water partition coefficient (Wildman–Crippen LogP) is 4.03. The summed E-state index contributed by atoms with van der Waals surface area (Å²) in [7, 11) is 1.60. The number of rotatable bonds is 7. The minimum Gasteiger partial charge on any atom is -0.497 e. The van der Waals surface area contributed by atoms with E-state index in [0.29, 0.717) is 29.3 Å². The van der Waals surface area contributed by atoms with E-state index in [2.05, 4.69) is 15.5 Å². The van der Waals surface area contributed by atoms with Crippen LogP contribution in [0.1, 0.15) is 12.5 Å². The van der Waals surface area contributed by atoms with E-state index in [4.69, 9.17) is 9.47 Å². The lowest BCUT2D eigenvalue weighted by Gasteiger charge is -2.10. The van der Waals surface area contributed by atoms with Gasteiger partial charge in [0.1, 0.15) is 23.1 Å². The average Bonchev–Trinajstić information content (AvgIpc) is 3.21. The van der Waals surface area contributed by atoms with Crippen molar-refractivity contribution in [3.8, 4) is 28.8 Å². The third kappa shape index (κ3) is 4.62. The Morgan fingerprint density at radius 2 is 2.00 bits per heavy atom. The third-order valence-electron chi connectivity index (χ3n) is 4.15. The molecule has 0 radical (unpaired) electrons. The number of nitriles is 1. The van der Waals surface area contributed by atoms with Gasteiger partial charge in [-0.1, -0.05) is 12.1 Å². The first-order valence-corrected chi connectivity index (χ1v) is 8.99.